The van der Waals surface area contributed by atoms with Crippen molar-refractivity contribution in [3.8, 4) is 0 Å². The van der Waals surface area contributed by atoms with Crippen molar-refractivity contribution in [1.82, 2.24) is 0 Å². The van der Waals surface area contributed by atoms with Gasteiger partial charge in [-0.05, 0) is 25.5 Å². The maximum absolute atomic E-state index is 10.8. The smallest absolute Gasteiger partial charge is 0.305 e. The molecule has 1 N–H and O–H groups in total. The third kappa shape index (κ3) is 7.74. The molecule has 118 valence electrons. The number of benzene rings is 1. The minimum Gasteiger partial charge on any atom is -0.481 e. The van der Waals surface area contributed by atoms with Crippen molar-refractivity contribution >= 4 is 11.7 Å². The Morgan fingerprint density at radius 3 is 2.24 bits per heavy atom. The Balaban J connectivity index is 2.44. The molecule has 1 aromatic rings. The van der Waals surface area contributed by atoms with Crippen molar-refractivity contribution in [2.75, 3.05) is 18.0 Å². The highest BCUT2D eigenvalue weighted by Crippen LogP contribution is 2.17. The fourth-order valence-corrected chi connectivity index (χ4v) is 2.44. The number of unbranched alkanes of at least 4 members (excludes halogenated alkanes) is 5. The van der Waals surface area contributed by atoms with Gasteiger partial charge in [-0.25, -0.2) is 0 Å². The van der Waals surface area contributed by atoms with E-state index >= 15 is 0 Å². The molecule has 0 spiro atoms. The summed E-state index contributed by atoms with van der Waals surface area (Å²) >= 11 is 0. The minimum atomic E-state index is -0.727. The first-order valence-electron chi connectivity index (χ1n) is 8.17. The van der Waals surface area contributed by atoms with Gasteiger partial charge in [0.05, 0.1) is 6.42 Å². The van der Waals surface area contributed by atoms with Crippen molar-refractivity contribution < 1.29 is 9.90 Å². The average Bonchev–Trinajstić information content (AvgIpc) is 2.46. The Hall–Kier alpha value is -1.51. The van der Waals surface area contributed by atoms with Crippen LogP contribution in [0.4, 0.5) is 5.69 Å². The molecular formula is C18H29NO2. The van der Waals surface area contributed by atoms with Crippen LogP contribution in [-0.2, 0) is 4.79 Å². The molecule has 0 aliphatic heterocycles. The Morgan fingerprint density at radius 1 is 1.00 bits per heavy atom. The van der Waals surface area contributed by atoms with Gasteiger partial charge >= 0.3 is 5.97 Å². The second kappa shape index (κ2) is 10.3. The van der Waals surface area contributed by atoms with Crippen LogP contribution in [0.5, 0.6) is 0 Å². The van der Waals surface area contributed by atoms with Crippen LogP contribution in [-0.4, -0.2) is 24.2 Å². The molecule has 0 atom stereocenters. The standard InChI is InChI=1S/C18H29NO2/c1-3-4-5-6-7-8-14-19(15-13-18(20)21)17-11-9-16(2)10-12-17/h9-12H,3-8,13-15H2,1-2H3,(H,20,21). The lowest BCUT2D eigenvalue weighted by atomic mass is 10.1. The predicted octanol–water partition coefficient (Wildman–Crippen LogP) is 4.64. The summed E-state index contributed by atoms with van der Waals surface area (Å²) in [6.45, 7) is 5.83. The summed E-state index contributed by atoms with van der Waals surface area (Å²) in [5, 5.41) is 8.90. The third-order valence-corrected chi connectivity index (χ3v) is 3.78. The fourth-order valence-electron chi connectivity index (χ4n) is 2.44. The highest BCUT2D eigenvalue weighted by molar-refractivity contribution is 5.67. The first-order chi connectivity index (χ1) is 10.1. The van der Waals surface area contributed by atoms with Gasteiger partial charge < -0.3 is 10.0 Å². The van der Waals surface area contributed by atoms with Gasteiger partial charge in [0.15, 0.2) is 0 Å². The Kier molecular flexibility index (Phi) is 8.56. The van der Waals surface area contributed by atoms with Crippen LogP contribution in [0.15, 0.2) is 24.3 Å². The molecule has 3 heteroatoms. The van der Waals surface area contributed by atoms with E-state index in [0.717, 1.165) is 18.7 Å². The number of carboxylic acid groups (broad SMARTS) is 1. The van der Waals surface area contributed by atoms with Gasteiger partial charge in [-0.1, -0.05) is 56.7 Å². The largest absolute Gasteiger partial charge is 0.481 e. The lowest BCUT2D eigenvalue weighted by molar-refractivity contribution is -0.136. The summed E-state index contributed by atoms with van der Waals surface area (Å²) in [7, 11) is 0. The zero-order valence-corrected chi connectivity index (χ0v) is 13.5. The van der Waals surface area contributed by atoms with Gasteiger partial charge in [-0.3, -0.25) is 4.79 Å². The number of aliphatic carboxylic acids is 1. The molecule has 3 nitrogen and oxygen atoms in total. The van der Waals surface area contributed by atoms with Crippen LogP contribution >= 0.6 is 0 Å². The summed E-state index contributed by atoms with van der Waals surface area (Å²) in [5.41, 5.74) is 2.37. The zero-order chi connectivity index (χ0) is 15.5. The normalized spacial score (nSPS) is 10.6. The fraction of sp³-hybridized carbons (Fsp3) is 0.611. The number of anilines is 1. The zero-order valence-electron chi connectivity index (χ0n) is 13.5. The first-order valence-corrected chi connectivity index (χ1v) is 8.17. The second-order valence-corrected chi connectivity index (χ2v) is 5.73. The minimum absolute atomic E-state index is 0.198. The number of aryl methyl sites for hydroxylation is 1. The Bertz CT molecular complexity index is 400. The maximum Gasteiger partial charge on any atom is 0.305 e. The van der Waals surface area contributed by atoms with Gasteiger partial charge in [0.2, 0.25) is 0 Å². The van der Waals surface area contributed by atoms with E-state index in [1.807, 2.05) is 0 Å². The molecule has 0 fully saturated rings. The molecule has 0 saturated heterocycles. The summed E-state index contributed by atoms with van der Waals surface area (Å²) in [6, 6.07) is 8.36. The van der Waals surface area contributed by atoms with E-state index in [0.29, 0.717) is 6.54 Å². The van der Waals surface area contributed by atoms with Crippen LogP contribution in [0.1, 0.15) is 57.4 Å². The first kappa shape index (κ1) is 17.5. The molecule has 1 aromatic carbocycles. The molecule has 0 bridgehead atoms. The monoisotopic (exact) mass is 291 g/mol. The summed E-state index contributed by atoms with van der Waals surface area (Å²) in [5.74, 6) is -0.727. The SMILES string of the molecule is CCCCCCCCN(CCC(=O)O)c1ccc(C)cc1. The van der Waals surface area contributed by atoms with Crippen molar-refractivity contribution in [2.24, 2.45) is 0 Å². The molecule has 0 aromatic heterocycles. The van der Waals surface area contributed by atoms with E-state index in [1.54, 1.807) is 0 Å². The maximum atomic E-state index is 10.8. The van der Waals surface area contributed by atoms with E-state index in [4.69, 9.17) is 5.11 Å². The number of nitrogens with zero attached hydrogens (tertiary/aromatic N) is 1. The van der Waals surface area contributed by atoms with Crippen molar-refractivity contribution in [2.45, 2.75) is 58.8 Å². The highest BCUT2D eigenvalue weighted by atomic mass is 16.4. The molecule has 21 heavy (non-hydrogen) atoms. The molecule has 0 aliphatic rings. The Labute approximate surface area is 129 Å². The van der Waals surface area contributed by atoms with E-state index in [-0.39, 0.29) is 6.42 Å². The van der Waals surface area contributed by atoms with Gasteiger partial charge in [0.1, 0.15) is 0 Å². The van der Waals surface area contributed by atoms with Crippen LogP contribution in [0.3, 0.4) is 0 Å². The molecule has 0 heterocycles. The predicted molar refractivity (Wildman–Crippen MR) is 89.0 cm³/mol. The molecular weight excluding hydrogens is 262 g/mol. The van der Waals surface area contributed by atoms with Gasteiger partial charge in [-0.15, -0.1) is 0 Å². The number of carboxylic acids is 1. The van der Waals surface area contributed by atoms with Gasteiger partial charge in [-0.2, -0.15) is 0 Å². The summed E-state index contributed by atoms with van der Waals surface area (Å²) < 4.78 is 0. The van der Waals surface area contributed by atoms with E-state index < -0.39 is 5.97 Å². The van der Waals surface area contributed by atoms with E-state index in [9.17, 15) is 4.79 Å². The van der Waals surface area contributed by atoms with Crippen LogP contribution < -0.4 is 4.90 Å². The number of hydrogen-bond acceptors (Lipinski definition) is 2. The van der Waals surface area contributed by atoms with Crippen LogP contribution in [0.2, 0.25) is 0 Å². The quantitative estimate of drug-likeness (QED) is 0.604. The number of hydrogen-bond donors (Lipinski definition) is 1. The summed E-state index contributed by atoms with van der Waals surface area (Å²) in [6.07, 6.45) is 7.76. The van der Waals surface area contributed by atoms with Gasteiger partial charge in [0, 0.05) is 18.8 Å². The molecule has 0 radical (unpaired) electrons. The summed E-state index contributed by atoms with van der Waals surface area (Å²) in [4.78, 5) is 13.0. The highest BCUT2D eigenvalue weighted by Gasteiger charge is 2.08. The number of rotatable bonds is 11. The molecule has 0 unspecified atom stereocenters. The molecule has 0 amide bonds. The van der Waals surface area contributed by atoms with Crippen LogP contribution in [0.25, 0.3) is 0 Å². The van der Waals surface area contributed by atoms with Gasteiger partial charge in [0.25, 0.3) is 0 Å². The topological polar surface area (TPSA) is 40.5 Å². The lowest BCUT2D eigenvalue weighted by Gasteiger charge is -2.24. The molecule has 0 aliphatic carbocycles. The van der Waals surface area contributed by atoms with E-state index in [1.165, 1.54) is 37.7 Å². The average molecular weight is 291 g/mol. The van der Waals surface area contributed by atoms with Crippen molar-refractivity contribution in [1.29, 1.82) is 0 Å². The molecule has 0 saturated carbocycles. The number of carbonyl (C=O) groups is 1. The van der Waals surface area contributed by atoms with Crippen LogP contribution in [0, 0.1) is 6.92 Å². The third-order valence-electron chi connectivity index (χ3n) is 3.78. The van der Waals surface area contributed by atoms with Crippen molar-refractivity contribution in [3.63, 3.8) is 0 Å². The lowest BCUT2D eigenvalue weighted by Crippen LogP contribution is -2.27. The van der Waals surface area contributed by atoms with Crippen molar-refractivity contribution in [3.05, 3.63) is 29.8 Å². The second-order valence-electron chi connectivity index (χ2n) is 5.73. The molecule has 1 rings (SSSR count). The Morgan fingerprint density at radius 2 is 1.62 bits per heavy atom. The van der Waals surface area contributed by atoms with E-state index in [2.05, 4.69) is 43.0 Å².